The van der Waals surface area contributed by atoms with Crippen LogP contribution in [-0.4, -0.2) is 70.8 Å². The lowest BCUT2D eigenvalue weighted by molar-refractivity contribution is -0.0554. The molecule has 3 atom stereocenters. The third-order valence-corrected chi connectivity index (χ3v) is 10.0. The number of benzene rings is 2. The summed E-state index contributed by atoms with van der Waals surface area (Å²) in [4.78, 5) is 2.31. The van der Waals surface area contributed by atoms with E-state index in [1.54, 1.807) is 17.4 Å². The summed E-state index contributed by atoms with van der Waals surface area (Å²) in [6.07, 6.45) is 1.70. The molecule has 2 fully saturated rings. The van der Waals surface area contributed by atoms with Crippen molar-refractivity contribution in [3.05, 3.63) is 70.9 Å². The third-order valence-electron chi connectivity index (χ3n) is 8.11. The topological polar surface area (TPSA) is 78.7 Å². The summed E-state index contributed by atoms with van der Waals surface area (Å²) in [5.41, 5.74) is 6.79. The lowest BCUT2D eigenvalue weighted by atomic mass is 9.74. The van der Waals surface area contributed by atoms with Gasteiger partial charge < -0.3 is 5.11 Å². The molecule has 0 aliphatic carbocycles. The lowest BCUT2D eigenvalue weighted by Gasteiger charge is -2.57. The molecule has 3 heterocycles. The molecule has 2 aromatic carbocycles. The molecule has 0 bridgehead atoms. The summed E-state index contributed by atoms with van der Waals surface area (Å²) < 4.78 is 30.3. The van der Waals surface area contributed by atoms with Crippen molar-refractivity contribution in [2.75, 3.05) is 26.2 Å². The van der Waals surface area contributed by atoms with Gasteiger partial charge in [-0.25, -0.2) is 8.42 Å². The van der Waals surface area contributed by atoms with Crippen LogP contribution >= 0.6 is 0 Å². The molecule has 0 saturated carbocycles. The molecule has 2 saturated heterocycles. The van der Waals surface area contributed by atoms with Gasteiger partial charge in [0.25, 0.3) is 10.0 Å². The second-order valence-corrected chi connectivity index (χ2v) is 12.2. The number of aliphatic hydroxyl groups excluding tert-OH is 1. The minimum Gasteiger partial charge on any atom is -0.395 e. The zero-order valence-corrected chi connectivity index (χ0v) is 22.4. The first-order valence-corrected chi connectivity index (χ1v) is 14.2. The molecule has 1 aromatic heterocycles. The van der Waals surface area contributed by atoms with E-state index in [-0.39, 0.29) is 29.6 Å². The average molecular weight is 509 g/mol. The third kappa shape index (κ3) is 4.30. The molecule has 7 nitrogen and oxygen atoms in total. The van der Waals surface area contributed by atoms with E-state index in [4.69, 9.17) is 0 Å². The highest BCUT2D eigenvalue weighted by molar-refractivity contribution is 7.89. The number of aliphatic hydroxyl groups is 1. The van der Waals surface area contributed by atoms with E-state index in [1.807, 2.05) is 6.92 Å². The smallest absolute Gasteiger partial charge is 0.260 e. The van der Waals surface area contributed by atoms with E-state index >= 15 is 0 Å². The fourth-order valence-electron chi connectivity index (χ4n) is 6.04. The van der Waals surface area contributed by atoms with Crippen LogP contribution in [0, 0.1) is 20.8 Å². The number of aromatic nitrogens is 2. The average Bonchev–Trinajstić information content (AvgIpc) is 3.19. The van der Waals surface area contributed by atoms with Gasteiger partial charge in [0.15, 0.2) is 5.03 Å². The van der Waals surface area contributed by atoms with Gasteiger partial charge in [-0.1, -0.05) is 42.5 Å². The van der Waals surface area contributed by atoms with Crippen molar-refractivity contribution < 1.29 is 13.5 Å². The predicted octanol–water partition coefficient (Wildman–Crippen LogP) is 3.63. The van der Waals surface area contributed by atoms with Crippen LogP contribution in [0.2, 0.25) is 0 Å². The monoisotopic (exact) mass is 508 g/mol. The quantitative estimate of drug-likeness (QED) is 0.570. The second-order valence-electron chi connectivity index (χ2n) is 10.3. The van der Waals surface area contributed by atoms with E-state index in [9.17, 15) is 13.5 Å². The van der Waals surface area contributed by atoms with Crippen molar-refractivity contribution in [2.45, 2.75) is 56.6 Å². The molecule has 0 spiro atoms. The molecule has 2 aliphatic heterocycles. The molecule has 5 rings (SSSR count). The molecule has 192 valence electrons. The first-order chi connectivity index (χ1) is 17.2. The van der Waals surface area contributed by atoms with Gasteiger partial charge in [0, 0.05) is 38.1 Å². The Morgan fingerprint density at radius 1 is 1.03 bits per heavy atom. The van der Waals surface area contributed by atoms with E-state index in [2.05, 4.69) is 66.3 Å². The molecule has 0 radical (unpaired) electrons. The Morgan fingerprint density at radius 3 is 2.42 bits per heavy atom. The number of hydrogen-bond acceptors (Lipinski definition) is 5. The van der Waals surface area contributed by atoms with E-state index in [1.165, 1.54) is 26.9 Å². The fourth-order valence-corrected chi connectivity index (χ4v) is 7.71. The van der Waals surface area contributed by atoms with Crippen molar-refractivity contribution in [1.29, 1.82) is 0 Å². The Morgan fingerprint density at radius 2 is 1.75 bits per heavy atom. The predicted molar refractivity (Wildman–Crippen MR) is 141 cm³/mol. The molecular weight excluding hydrogens is 472 g/mol. The summed E-state index contributed by atoms with van der Waals surface area (Å²) in [7, 11) is -1.99. The van der Waals surface area contributed by atoms with Gasteiger partial charge in [-0.15, -0.1) is 0 Å². The van der Waals surface area contributed by atoms with Gasteiger partial charge in [0.2, 0.25) is 0 Å². The van der Waals surface area contributed by atoms with Crippen molar-refractivity contribution in [3.63, 3.8) is 0 Å². The minimum atomic E-state index is -3.67. The second kappa shape index (κ2) is 9.74. The normalized spacial score (nSPS) is 23.5. The molecule has 0 amide bonds. The first-order valence-electron chi connectivity index (χ1n) is 12.8. The summed E-state index contributed by atoms with van der Waals surface area (Å²) in [6.45, 7) is 7.94. The van der Waals surface area contributed by atoms with Gasteiger partial charge in [-0.3, -0.25) is 9.58 Å². The van der Waals surface area contributed by atoms with Crippen LogP contribution in [0.5, 0.6) is 0 Å². The van der Waals surface area contributed by atoms with Crippen molar-refractivity contribution in [2.24, 2.45) is 7.05 Å². The molecule has 8 heteroatoms. The van der Waals surface area contributed by atoms with E-state index < -0.39 is 10.0 Å². The zero-order chi connectivity index (χ0) is 25.6. The molecule has 1 N–H and O–H groups in total. The Kier molecular flexibility index (Phi) is 6.80. The summed E-state index contributed by atoms with van der Waals surface area (Å²) in [5, 5.41) is 14.8. The lowest BCUT2D eigenvalue weighted by Crippen LogP contribution is -2.67. The van der Waals surface area contributed by atoms with Crippen LogP contribution in [0.1, 0.15) is 41.1 Å². The highest BCUT2D eigenvalue weighted by atomic mass is 32.2. The zero-order valence-electron chi connectivity index (χ0n) is 21.6. The number of nitrogens with zero attached hydrogens (tertiary/aromatic N) is 4. The molecular formula is C28H36N4O3S. The SMILES string of the molecule is Cc1cc(S(=O)(=O)N2CCCCN3C(CO)[C@@H](c4ccc(-c5cccc(C)c5C)cc4)[C@@H]3C2)n(C)n1. The summed E-state index contributed by atoms with van der Waals surface area (Å²) >= 11 is 0. The largest absolute Gasteiger partial charge is 0.395 e. The molecule has 3 aromatic rings. The highest BCUT2D eigenvalue weighted by Crippen LogP contribution is 2.43. The van der Waals surface area contributed by atoms with E-state index in [0.29, 0.717) is 18.8 Å². The molecule has 2 aliphatic rings. The minimum absolute atomic E-state index is 0.00292. The van der Waals surface area contributed by atoms with Crippen LogP contribution in [0.3, 0.4) is 0 Å². The number of hydrogen-bond donors (Lipinski definition) is 1. The first kappa shape index (κ1) is 25.1. The Labute approximate surface area is 214 Å². The van der Waals surface area contributed by atoms with E-state index in [0.717, 1.165) is 24.9 Å². The Hall–Kier alpha value is -2.52. The summed E-state index contributed by atoms with van der Waals surface area (Å²) in [6, 6.07) is 16.7. The van der Waals surface area contributed by atoms with Gasteiger partial charge >= 0.3 is 0 Å². The van der Waals surface area contributed by atoms with Crippen LogP contribution < -0.4 is 0 Å². The number of rotatable bonds is 5. The Bertz CT molecular complexity index is 1350. The van der Waals surface area contributed by atoms with Gasteiger partial charge in [-0.05, 0) is 74.0 Å². The van der Waals surface area contributed by atoms with Crippen molar-refractivity contribution >= 4 is 10.0 Å². The van der Waals surface area contributed by atoms with Gasteiger partial charge in [0.1, 0.15) is 0 Å². The number of fused-ring (bicyclic) bond motifs is 1. The Balaban J connectivity index is 1.44. The van der Waals surface area contributed by atoms with Crippen LogP contribution in [0.4, 0.5) is 0 Å². The van der Waals surface area contributed by atoms with Crippen LogP contribution in [0.15, 0.2) is 53.6 Å². The summed E-state index contributed by atoms with van der Waals surface area (Å²) in [5.74, 6) is 0.0757. The fraction of sp³-hybridized carbons (Fsp3) is 0.464. The maximum Gasteiger partial charge on any atom is 0.260 e. The van der Waals surface area contributed by atoms with Crippen molar-refractivity contribution in [1.82, 2.24) is 19.0 Å². The standard InChI is InChI=1S/C28H36N4O3S/c1-19-8-7-9-24(21(19)3)22-10-12-23(13-11-22)28-25-17-31(14-5-6-15-32(25)26(28)18-33)36(34,35)27-16-20(2)29-30(27)4/h7-13,16,25-26,28,33H,5-6,14-15,17-18H2,1-4H3/t25-,26?,28-/m0/s1. The molecule has 1 unspecified atom stereocenters. The maximum absolute atomic E-state index is 13.6. The van der Waals surface area contributed by atoms with Gasteiger partial charge in [0.05, 0.1) is 12.3 Å². The van der Waals surface area contributed by atoms with Crippen LogP contribution in [0.25, 0.3) is 11.1 Å². The number of sulfonamides is 1. The maximum atomic E-state index is 13.6. The van der Waals surface area contributed by atoms with Crippen molar-refractivity contribution in [3.8, 4) is 11.1 Å². The molecule has 36 heavy (non-hydrogen) atoms. The van der Waals surface area contributed by atoms with Gasteiger partial charge in [-0.2, -0.15) is 9.40 Å². The highest BCUT2D eigenvalue weighted by Gasteiger charge is 2.50. The number of aryl methyl sites for hydroxylation is 3. The van der Waals surface area contributed by atoms with Crippen LogP contribution in [-0.2, 0) is 17.1 Å².